The van der Waals surface area contributed by atoms with E-state index in [2.05, 4.69) is 6.08 Å². The quantitative estimate of drug-likeness (QED) is 0.484. The van der Waals surface area contributed by atoms with Crippen molar-refractivity contribution >= 4 is 9.28 Å². The predicted molar refractivity (Wildman–Crippen MR) is 50.8 cm³/mol. The Morgan fingerprint density at radius 3 is 2.75 bits per heavy atom. The molecular formula is C9H17O2Si. The minimum absolute atomic E-state index is 0.751. The number of hydrogen-bond acceptors (Lipinski definition) is 2. The molecule has 1 radical (unpaired) electrons. The van der Waals surface area contributed by atoms with Crippen molar-refractivity contribution in [2.24, 2.45) is 5.92 Å². The van der Waals surface area contributed by atoms with Crippen LogP contribution in [0.5, 0.6) is 0 Å². The van der Waals surface area contributed by atoms with E-state index in [-0.39, 0.29) is 0 Å². The third-order valence-corrected chi connectivity index (χ3v) is 3.05. The molecule has 0 aliphatic heterocycles. The molecule has 0 bridgehead atoms. The second kappa shape index (κ2) is 4.67. The lowest BCUT2D eigenvalue weighted by atomic mass is 10.3. The minimum atomic E-state index is -1.03. The summed E-state index contributed by atoms with van der Waals surface area (Å²) in [6.07, 6.45) is 4.88. The van der Waals surface area contributed by atoms with Crippen LogP contribution in [0, 0.1) is 5.92 Å². The van der Waals surface area contributed by atoms with Gasteiger partial charge in [0.1, 0.15) is 0 Å². The van der Waals surface area contributed by atoms with Crippen LogP contribution >= 0.6 is 0 Å². The summed E-state index contributed by atoms with van der Waals surface area (Å²) in [5, 5.41) is 0. The van der Waals surface area contributed by atoms with E-state index < -0.39 is 9.28 Å². The minimum Gasteiger partial charge on any atom is -0.523 e. The Kier molecular flexibility index (Phi) is 3.82. The van der Waals surface area contributed by atoms with Crippen molar-refractivity contribution in [1.29, 1.82) is 0 Å². The third kappa shape index (κ3) is 3.92. The monoisotopic (exact) mass is 185 g/mol. The second-order valence-electron chi connectivity index (χ2n) is 3.14. The van der Waals surface area contributed by atoms with Crippen LogP contribution in [-0.4, -0.2) is 15.9 Å². The third-order valence-electron chi connectivity index (χ3n) is 1.74. The fourth-order valence-electron chi connectivity index (χ4n) is 1.09. The molecule has 0 aromatic carbocycles. The molecule has 69 valence electrons. The van der Waals surface area contributed by atoms with E-state index in [0.29, 0.717) is 0 Å². The fraction of sp³-hybridized carbons (Fsp3) is 0.778. The van der Waals surface area contributed by atoms with Gasteiger partial charge in [0, 0.05) is 6.61 Å². The smallest absolute Gasteiger partial charge is 0.454 e. The van der Waals surface area contributed by atoms with Crippen molar-refractivity contribution in [3.8, 4) is 0 Å². The summed E-state index contributed by atoms with van der Waals surface area (Å²) in [6, 6.07) is 0. The van der Waals surface area contributed by atoms with Gasteiger partial charge >= 0.3 is 9.28 Å². The first-order valence-corrected chi connectivity index (χ1v) is 6.36. The predicted octanol–water partition coefficient (Wildman–Crippen LogP) is 2.47. The van der Waals surface area contributed by atoms with Gasteiger partial charge in [-0.25, -0.2) is 0 Å². The lowest BCUT2D eigenvalue weighted by Gasteiger charge is -2.11. The molecule has 2 nitrogen and oxygen atoms in total. The van der Waals surface area contributed by atoms with Crippen LogP contribution < -0.4 is 0 Å². The van der Waals surface area contributed by atoms with E-state index in [4.69, 9.17) is 8.85 Å². The van der Waals surface area contributed by atoms with Crippen molar-refractivity contribution in [3.05, 3.63) is 11.8 Å². The molecule has 1 aliphatic carbocycles. The highest BCUT2D eigenvalue weighted by Crippen LogP contribution is 2.31. The molecule has 0 saturated heterocycles. The van der Waals surface area contributed by atoms with Gasteiger partial charge in [-0.3, -0.25) is 0 Å². The van der Waals surface area contributed by atoms with Crippen LogP contribution in [0.1, 0.15) is 26.7 Å². The molecule has 0 heterocycles. The fourth-order valence-corrected chi connectivity index (χ4v) is 2.08. The molecule has 1 saturated carbocycles. The first kappa shape index (κ1) is 9.80. The van der Waals surface area contributed by atoms with Gasteiger partial charge in [-0.15, -0.1) is 0 Å². The largest absolute Gasteiger partial charge is 0.523 e. The first-order chi connectivity index (χ1) is 5.72. The van der Waals surface area contributed by atoms with Crippen molar-refractivity contribution < 1.29 is 8.85 Å². The molecule has 0 aromatic heterocycles. The lowest BCUT2D eigenvalue weighted by molar-refractivity contribution is 0.253. The summed E-state index contributed by atoms with van der Waals surface area (Å²) < 4.78 is 10.9. The standard InChI is InChI=1S/C9H17O2Si/c1-4-10-12(3)11-8(2)7-9-5-6-9/h7,9H,4-6H2,1-3H3. The van der Waals surface area contributed by atoms with Crippen LogP contribution in [0.25, 0.3) is 0 Å². The Morgan fingerprint density at radius 1 is 1.58 bits per heavy atom. The molecule has 0 amide bonds. The van der Waals surface area contributed by atoms with Crippen LogP contribution in [-0.2, 0) is 8.85 Å². The zero-order valence-corrected chi connectivity index (χ0v) is 9.09. The van der Waals surface area contributed by atoms with Gasteiger partial charge in [0.25, 0.3) is 0 Å². The van der Waals surface area contributed by atoms with E-state index >= 15 is 0 Å². The van der Waals surface area contributed by atoms with Gasteiger partial charge in [0.05, 0.1) is 5.76 Å². The van der Waals surface area contributed by atoms with Crippen LogP contribution in [0.4, 0.5) is 0 Å². The Hall–Kier alpha value is -0.283. The van der Waals surface area contributed by atoms with Gasteiger partial charge in [0.2, 0.25) is 0 Å². The van der Waals surface area contributed by atoms with E-state index in [1.54, 1.807) is 0 Å². The zero-order valence-electron chi connectivity index (χ0n) is 8.09. The summed E-state index contributed by atoms with van der Waals surface area (Å²) >= 11 is 0. The van der Waals surface area contributed by atoms with Gasteiger partial charge in [-0.2, -0.15) is 0 Å². The highest BCUT2D eigenvalue weighted by Gasteiger charge is 2.19. The van der Waals surface area contributed by atoms with Crippen molar-refractivity contribution in [2.45, 2.75) is 33.2 Å². The Bertz CT molecular complexity index is 164. The lowest BCUT2D eigenvalue weighted by Crippen LogP contribution is -2.17. The normalized spacial score (nSPS) is 18.5. The first-order valence-electron chi connectivity index (χ1n) is 4.55. The molecule has 0 aromatic rings. The summed E-state index contributed by atoms with van der Waals surface area (Å²) in [6.45, 7) is 6.79. The molecule has 0 N–H and O–H groups in total. The highest BCUT2D eigenvalue weighted by molar-refractivity contribution is 6.42. The molecule has 1 fully saturated rings. The molecule has 0 unspecified atom stereocenters. The topological polar surface area (TPSA) is 18.5 Å². The molecule has 3 heteroatoms. The van der Waals surface area contributed by atoms with Crippen molar-refractivity contribution in [3.63, 3.8) is 0 Å². The average Bonchev–Trinajstić information content (AvgIpc) is 2.71. The number of hydrogen-bond donors (Lipinski definition) is 0. The molecule has 1 aliphatic rings. The summed E-state index contributed by atoms with van der Waals surface area (Å²) in [5.74, 6) is 1.84. The maximum Gasteiger partial charge on any atom is 0.454 e. The Morgan fingerprint density at radius 2 is 2.25 bits per heavy atom. The SMILES string of the molecule is CCO[Si](C)OC(C)=CC1CC1. The summed E-state index contributed by atoms with van der Waals surface area (Å²) in [4.78, 5) is 0. The van der Waals surface area contributed by atoms with E-state index in [0.717, 1.165) is 18.3 Å². The number of rotatable bonds is 5. The van der Waals surface area contributed by atoms with Crippen LogP contribution in [0.3, 0.4) is 0 Å². The van der Waals surface area contributed by atoms with E-state index in [1.807, 2.05) is 20.4 Å². The second-order valence-corrected chi connectivity index (χ2v) is 4.62. The zero-order chi connectivity index (χ0) is 8.97. The van der Waals surface area contributed by atoms with Crippen molar-refractivity contribution in [2.75, 3.05) is 6.61 Å². The van der Waals surface area contributed by atoms with E-state index in [9.17, 15) is 0 Å². The molecule has 12 heavy (non-hydrogen) atoms. The maximum atomic E-state index is 5.58. The average molecular weight is 185 g/mol. The summed E-state index contributed by atoms with van der Waals surface area (Å²) in [5.41, 5.74) is 0. The van der Waals surface area contributed by atoms with Crippen molar-refractivity contribution in [1.82, 2.24) is 0 Å². The number of allylic oxidation sites excluding steroid dienone is 2. The highest BCUT2D eigenvalue weighted by atomic mass is 28.3. The Labute approximate surface area is 76.4 Å². The Balaban J connectivity index is 2.19. The molecule has 0 atom stereocenters. The molecule has 0 spiro atoms. The van der Waals surface area contributed by atoms with Crippen LogP contribution in [0.2, 0.25) is 6.55 Å². The van der Waals surface area contributed by atoms with E-state index in [1.165, 1.54) is 12.8 Å². The van der Waals surface area contributed by atoms with Gasteiger partial charge in [0.15, 0.2) is 0 Å². The van der Waals surface area contributed by atoms with Gasteiger partial charge in [-0.05, 0) is 45.2 Å². The summed E-state index contributed by atoms with van der Waals surface area (Å²) in [7, 11) is -1.03. The van der Waals surface area contributed by atoms with Gasteiger partial charge < -0.3 is 8.85 Å². The van der Waals surface area contributed by atoms with Gasteiger partial charge in [-0.1, -0.05) is 0 Å². The maximum absolute atomic E-state index is 5.58. The molecule has 1 rings (SSSR count). The molecular weight excluding hydrogens is 168 g/mol. The van der Waals surface area contributed by atoms with Crippen LogP contribution in [0.15, 0.2) is 11.8 Å².